The van der Waals surface area contributed by atoms with Crippen LogP contribution in [0.15, 0.2) is 0 Å². The Morgan fingerprint density at radius 3 is 3.09 bits per heavy atom. The molecule has 7 heteroatoms. The van der Waals surface area contributed by atoms with Crippen molar-refractivity contribution in [1.82, 2.24) is 25.8 Å². The molecule has 0 saturated heterocycles. The molecule has 0 spiro atoms. The van der Waals surface area contributed by atoms with Crippen LogP contribution >= 0.6 is 11.3 Å². The molecule has 1 aliphatic heterocycles. The van der Waals surface area contributed by atoms with E-state index in [1.807, 2.05) is 11.3 Å². The van der Waals surface area contributed by atoms with Crippen LogP contribution < -0.4 is 10.6 Å². The van der Waals surface area contributed by atoms with E-state index in [0.717, 1.165) is 42.1 Å². The minimum absolute atomic E-state index is 0.0903. The Bertz CT molecular complexity index is 697. The van der Waals surface area contributed by atoms with Gasteiger partial charge in [0.05, 0.1) is 10.7 Å². The summed E-state index contributed by atoms with van der Waals surface area (Å²) in [7, 11) is 0. The summed E-state index contributed by atoms with van der Waals surface area (Å²) in [6, 6.07) is 0. The highest BCUT2D eigenvalue weighted by atomic mass is 32.1. The predicted molar refractivity (Wildman–Crippen MR) is 88.8 cm³/mol. The lowest BCUT2D eigenvalue weighted by atomic mass is 10.0. The molecule has 2 aromatic heterocycles. The number of nitrogens with one attached hydrogen (secondary N) is 3. The zero-order valence-corrected chi connectivity index (χ0v) is 13.9. The summed E-state index contributed by atoms with van der Waals surface area (Å²) in [4.78, 5) is 18.5. The van der Waals surface area contributed by atoms with Crippen molar-refractivity contribution in [3.05, 3.63) is 32.5 Å². The van der Waals surface area contributed by atoms with Gasteiger partial charge in [-0.1, -0.05) is 0 Å². The van der Waals surface area contributed by atoms with Crippen LogP contribution in [-0.4, -0.2) is 34.2 Å². The molecule has 3 N–H and O–H groups in total. The minimum atomic E-state index is -0.0903. The molecule has 0 unspecified atom stereocenters. The van der Waals surface area contributed by atoms with Gasteiger partial charge in [0, 0.05) is 48.6 Å². The van der Waals surface area contributed by atoms with Gasteiger partial charge in [0.15, 0.2) is 5.69 Å². The van der Waals surface area contributed by atoms with E-state index in [4.69, 9.17) is 4.98 Å². The predicted octanol–water partition coefficient (Wildman–Crippen LogP) is 1.36. The van der Waals surface area contributed by atoms with Crippen molar-refractivity contribution in [2.45, 2.75) is 45.1 Å². The molecular formula is C16H21N5OS. The molecule has 0 radical (unpaired) electrons. The molecule has 6 nitrogen and oxygen atoms in total. The number of carbonyl (C=O) groups excluding carboxylic acids is 1. The summed E-state index contributed by atoms with van der Waals surface area (Å²) in [5.74, 6) is -0.0903. The maximum Gasteiger partial charge on any atom is 0.272 e. The Morgan fingerprint density at radius 2 is 2.17 bits per heavy atom. The third-order valence-electron chi connectivity index (χ3n) is 4.54. The molecular weight excluding hydrogens is 310 g/mol. The van der Waals surface area contributed by atoms with E-state index in [9.17, 15) is 4.79 Å². The molecule has 3 heterocycles. The van der Waals surface area contributed by atoms with Gasteiger partial charge in [-0.25, -0.2) is 4.98 Å². The van der Waals surface area contributed by atoms with E-state index in [2.05, 4.69) is 20.8 Å². The third-order valence-corrected chi connectivity index (χ3v) is 5.75. The first-order valence-electron chi connectivity index (χ1n) is 8.34. The van der Waals surface area contributed by atoms with E-state index >= 15 is 0 Å². The Morgan fingerprint density at radius 1 is 1.26 bits per heavy atom. The first-order chi connectivity index (χ1) is 11.3. The smallest absolute Gasteiger partial charge is 0.272 e. The highest BCUT2D eigenvalue weighted by Gasteiger charge is 2.21. The Kier molecular flexibility index (Phi) is 4.13. The summed E-state index contributed by atoms with van der Waals surface area (Å²) in [6.45, 7) is 2.26. The van der Waals surface area contributed by atoms with Gasteiger partial charge in [-0.2, -0.15) is 5.10 Å². The Hall–Kier alpha value is -1.73. The van der Waals surface area contributed by atoms with Crippen LogP contribution in [0.25, 0.3) is 0 Å². The average Bonchev–Trinajstić information content (AvgIpc) is 3.18. The number of aromatic amines is 1. The molecule has 23 heavy (non-hydrogen) atoms. The molecule has 4 rings (SSSR count). The van der Waals surface area contributed by atoms with E-state index in [1.165, 1.54) is 29.8 Å². The van der Waals surface area contributed by atoms with Crippen LogP contribution in [0.4, 0.5) is 0 Å². The van der Waals surface area contributed by atoms with Crippen molar-refractivity contribution in [1.29, 1.82) is 0 Å². The molecule has 122 valence electrons. The Labute approximate surface area is 139 Å². The van der Waals surface area contributed by atoms with Crippen molar-refractivity contribution in [3.63, 3.8) is 0 Å². The standard InChI is InChI=1S/C16H21N5OS/c22-16(15-10-9-17-7-5-11(10)20-21-15)18-8-6-14-19-12-3-1-2-4-13(12)23-14/h17H,1-9H2,(H,18,22)(H,20,21). The first-order valence-corrected chi connectivity index (χ1v) is 9.15. The fourth-order valence-corrected chi connectivity index (χ4v) is 4.45. The lowest BCUT2D eigenvalue weighted by molar-refractivity contribution is 0.0948. The molecule has 0 atom stereocenters. The van der Waals surface area contributed by atoms with Crippen molar-refractivity contribution < 1.29 is 4.79 Å². The lowest BCUT2D eigenvalue weighted by Crippen LogP contribution is -2.29. The maximum atomic E-state index is 12.3. The molecule has 1 amide bonds. The number of thiazole rings is 1. The van der Waals surface area contributed by atoms with Crippen molar-refractivity contribution in [3.8, 4) is 0 Å². The van der Waals surface area contributed by atoms with Crippen molar-refractivity contribution in [2.75, 3.05) is 13.1 Å². The molecule has 0 fully saturated rings. The fourth-order valence-electron chi connectivity index (χ4n) is 3.29. The second kappa shape index (κ2) is 6.41. The summed E-state index contributed by atoms with van der Waals surface area (Å²) in [5, 5.41) is 14.6. The molecule has 2 aromatic rings. The van der Waals surface area contributed by atoms with Crippen LogP contribution in [0.1, 0.15) is 50.2 Å². The van der Waals surface area contributed by atoms with Gasteiger partial charge in [0.25, 0.3) is 5.91 Å². The quantitative estimate of drug-likeness (QED) is 0.790. The summed E-state index contributed by atoms with van der Waals surface area (Å²) >= 11 is 1.81. The zero-order valence-electron chi connectivity index (χ0n) is 13.1. The number of H-pyrrole nitrogens is 1. The number of hydrogen-bond donors (Lipinski definition) is 3. The van der Waals surface area contributed by atoms with E-state index in [-0.39, 0.29) is 5.91 Å². The van der Waals surface area contributed by atoms with Gasteiger partial charge >= 0.3 is 0 Å². The number of carbonyl (C=O) groups is 1. The number of nitrogens with zero attached hydrogens (tertiary/aromatic N) is 2. The van der Waals surface area contributed by atoms with Gasteiger partial charge in [0.1, 0.15) is 0 Å². The van der Waals surface area contributed by atoms with Crippen LogP contribution in [0, 0.1) is 0 Å². The number of fused-ring (bicyclic) bond motifs is 2. The molecule has 2 aliphatic rings. The lowest BCUT2D eigenvalue weighted by Gasteiger charge is -2.12. The van der Waals surface area contributed by atoms with Crippen LogP contribution in [0.5, 0.6) is 0 Å². The van der Waals surface area contributed by atoms with E-state index < -0.39 is 0 Å². The zero-order chi connectivity index (χ0) is 15.6. The summed E-state index contributed by atoms with van der Waals surface area (Å²) in [6.07, 6.45) is 6.53. The van der Waals surface area contributed by atoms with Crippen LogP contribution in [0.3, 0.4) is 0 Å². The Balaban J connectivity index is 1.35. The second-order valence-electron chi connectivity index (χ2n) is 6.15. The molecule has 0 saturated carbocycles. The van der Waals surface area contributed by atoms with Gasteiger partial charge in [-0.15, -0.1) is 11.3 Å². The molecule has 1 aliphatic carbocycles. The molecule has 0 aromatic carbocycles. The van der Waals surface area contributed by atoms with Crippen LogP contribution in [0.2, 0.25) is 0 Å². The number of hydrogen-bond acceptors (Lipinski definition) is 5. The number of amides is 1. The average molecular weight is 331 g/mol. The summed E-state index contributed by atoms with van der Waals surface area (Å²) < 4.78 is 0. The van der Waals surface area contributed by atoms with Crippen molar-refractivity contribution >= 4 is 17.2 Å². The van der Waals surface area contributed by atoms with Gasteiger partial charge < -0.3 is 10.6 Å². The number of aromatic nitrogens is 3. The fraction of sp³-hybridized carbons (Fsp3) is 0.562. The highest BCUT2D eigenvalue weighted by molar-refractivity contribution is 7.11. The first kappa shape index (κ1) is 14.8. The third kappa shape index (κ3) is 3.03. The van der Waals surface area contributed by atoms with Crippen LogP contribution in [-0.2, 0) is 32.2 Å². The second-order valence-corrected chi connectivity index (χ2v) is 7.31. The minimum Gasteiger partial charge on any atom is -0.350 e. The normalized spacial score (nSPS) is 16.7. The van der Waals surface area contributed by atoms with Crippen molar-refractivity contribution in [2.24, 2.45) is 0 Å². The SMILES string of the molecule is O=C(NCCc1nc2c(s1)CCCC2)c1n[nH]c2c1CNCC2. The van der Waals surface area contributed by atoms with Gasteiger partial charge in [-0.05, 0) is 25.7 Å². The maximum absolute atomic E-state index is 12.3. The van der Waals surface area contributed by atoms with Gasteiger partial charge in [-0.3, -0.25) is 9.89 Å². The largest absolute Gasteiger partial charge is 0.350 e. The highest BCUT2D eigenvalue weighted by Crippen LogP contribution is 2.26. The number of rotatable bonds is 4. The van der Waals surface area contributed by atoms with Gasteiger partial charge in [0.2, 0.25) is 0 Å². The van der Waals surface area contributed by atoms with E-state index in [1.54, 1.807) is 0 Å². The topological polar surface area (TPSA) is 82.7 Å². The van der Waals surface area contributed by atoms with E-state index in [0.29, 0.717) is 18.8 Å². The monoisotopic (exact) mass is 331 g/mol. The number of aryl methyl sites for hydroxylation is 2. The molecule has 0 bridgehead atoms. The summed E-state index contributed by atoms with van der Waals surface area (Å²) in [5.41, 5.74) is 3.92.